The van der Waals surface area contributed by atoms with Crippen molar-refractivity contribution in [1.82, 2.24) is 10.6 Å². The molecule has 24 heavy (non-hydrogen) atoms. The average molecular weight is 439 g/mol. The average Bonchev–Trinajstić information content (AvgIpc) is 3.02. The summed E-state index contributed by atoms with van der Waals surface area (Å²) in [5.41, 5.74) is 1.26. The molecule has 2 saturated heterocycles. The zero-order valence-corrected chi connectivity index (χ0v) is 16.9. The Morgan fingerprint density at radius 2 is 2.17 bits per heavy atom. The fourth-order valence-corrected chi connectivity index (χ4v) is 3.76. The Labute approximate surface area is 165 Å². The molecule has 2 fully saturated rings. The Hall–Kier alpha value is -0.490. The van der Waals surface area contributed by atoms with Gasteiger partial charge < -0.3 is 15.5 Å². The number of anilines is 1. The highest BCUT2D eigenvalue weighted by Crippen LogP contribution is 2.26. The molecule has 2 N–H and O–H groups in total. The molecule has 2 atom stereocenters. The maximum absolute atomic E-state index is 12.2. The summed E-state index contributed by atoms with van der Waals surface area (Å²) in [6.45, 7) is 4.79. The predicted molar refractivity (Wildman–Crippen MR) is 108 cm³/mol. The Bertz CT molecular complexity index is 526. The van der Waals surface area contributed by atoms with Crippen LogP contribution >= 0.6 is 40.7 Å². The van der Waals surface area contributed by atoms with E-state index in [1.807, 2.05) is 0 Å². The van der Waals surface area contributed by atoms with Gasteiger partial charge in [0, 0.05) is 36.3 Å². The van der Waals surface area contributed by atoms with Gasteiger partial charge in [-0.25, -0.2) is 0 Å². The minimum atomic E-state index is 0. The molecule has 2 aliphatic heterocycles. The maximum atomic E-state index is 12.2. The second-order valence-corrected chi connectivity index (χ2v) is 7.28. The van der Waals surface area contributed by atoms with Crippen LogP contribution in [0.1, 0.15) is 19.3 Å². The summed E-state index contributed by atoms with van der Waals surface area (Å²) < 4.78 is 1.12. The minimum Gasteiger partial charge on any atom is -0.371 e. The number of benzene rings is 1. The summed E-state index contributed by atoms with van der Waals surface area (Å²) in [6.07, 6.45) is 3.28. The number of hydrogen-bond donors (Lipinski definition) is 2. The summed E-state index contributed by atoms with van der Waals surface area (Å²) in [4.78, 5) is 14.6. The summed E-state index contributed by atoms with van der Waals surface area (Å²) in [5, 5.41) is 6.47. The third-order valence-electron chi connectivity index (χ3n) is 4.69. The predicted octanol–water partition coefficient (Wildman–Crippen LogP) is 3.23. The molecule has 7 heteroatoms. The molecule has 2 heterocycles. The van der Waals surface area contributed by atoms with E-state index < -0.39 is 0 Å². The lowest BCUT2D eigenvalue weighted by Crippen LogP contribution is -2.42. The van der Waals surface area contributed by atoms with Crippen molar-refractivity contribution in [2.24, 2.45) is 11.8 Å². The van der Waals surface area contributed by atoms with E-state index in [4.69, 9.17) is 0 Å². The van der Waals surface area contributed by atoms with Crippen LogP contribution in [-0.2, 0) is 4.79 Å². The highest BCUT2D eigenvalue weighted by atomic mass is 79.9. The lowest BCUT2D eigenvalue weighted by Gasteiger charge is -2.23. The first-order valence-corrected chi connectivity index (χ1v) is 9.00. The molecule has 1 amide bonds. The normalized spacial score (nSPS) is 23.1. The molecule has 2 aliphatic rings. The molecule has 0 bridgehead atoms. The monoisotopic (exact) mass is 437 g/mol. The van der Waals surface area contributed by atoms with Crippen molar-refractivity contribution >= 4 is 52.3 Å². The van der Waals surface area contributed by atoms with Crippen molar-refractivity contribution in [3.63, 3.8) is 0 Å². The second-order valence-electron chi connectivity index (χ2n) is 6.37. The first kappa shape index (κ1) is 21.6. The van der Waals surface area contributed by atoms with Gasteiger partial charge in [0.1, 0.15) is 0 Å². The molecule has 0 aromatic heterocycles. The summed E-state index contributed by atoms with van der Waals surface area (Å²) in [7, 11) is 0. The van der Waals surface area contributed by atoms with Gasteiger partial charge in [-0.1, -0.05) is 22.0 Å². The quantitative estimate of drug-likeness (QED) is 0.758. The second kappa shape index (κ2) is 10.5. The Morgan fingerprint density at radius 1 is 1.33 bits per heavy atom. The Morgan fingerprint density at radius 3 is 2.88 bits per heavy atom. The van der Waals surface area contributed by atoms with E-state index in [-0.39, 0.29) is 36.6 Å². The fraction of sp³-hybridized carbons (Fsp3) is 0.588. The number of hydrogen-bond acceptors (Lipinski definition) is 3. The third-order valence-corrected chi connectivity index (χ3v) is 5.19. The molecular weight excluding hydrogens is 413 g/mol. The van der Waals surface area contributed by atoms with E-state index in [0.717, 1.165) is 56.5 Å². The van der Waals surface area contributed by atoms with E-state index >= 15 is 0 Å². The number of carbonyl (C=O) groups excluding carboxylic acids is 1. The number of amides is 1. The summed E-state index contributed by atoms with van der Waals surface area (Å²) in [6, 6.07) is 8.44. The van der Waals surface area contributed by atoms with Crippen LogP contribution in [0.4, 0.5) is 5.69 Å². The standard InChI is InChI=1S/C17H24BrN3O.2ClH/c18-15-4-1-5-16(9-15)21-8-6-13(12-21)10-20-17(22)14-3-2-7-19-11-14;;/h1,4-5,9,13-14,19H,2-3,6-8,10-12H2,(H,20,22);2*1H. The van der Waals surface area contributed by atoms with Gasteiger partial charge in [0.2, 0.25) is 5.91 Å². The van der Waals surface area contributed by atoms with Gasteiger partial charge in [-0.3, -0.25) is 4.79 Å². The lowest BCUT2D eigenvalue weighted by molar-refractivity contribution is -0.125. The number of nitrogens with zero attached hydrogens (tertiary/aromatic N) is 1. The third kappa shape index (κ3) is 5.80. The van der Waals surface area contributed by atoms with Crippen LogP contribution in [0.5, 0.6) is 0 Å². The zero-order valence-electron chi connectivity index (χ0n) is 13.7. The van der Waals surface area contributed by atoms with Gasteiger partial charge >= 0.3 is 0 Å². The largest absolute Gasteiger partial charge is 0.371 e. The van der Waals surface area contributed by atoms with Gasteiger partial charge in [-0.05, 0) is 49.9 Å². The van der Waals surface area contributed by atoms with E-state index in [1.165, 1.54) is 5.69 Å². The van der Waals surface area contributed by atoms with Crippen molar-refractivity contribution in [1.29, 1.82) is 0 Å². The number of halogens is 3. The Balaban J connectivity index is 0.00000144. The SMILES string of the molecule is Cl.Cl.O=C(NCC1CCN(c2cccc(Br)c2)C1)C1CCCNC1. The number of rotatable bonds is 4. The zero-order chi connectivity index (χ0) is 15.4. The number of piperidine rings is 1. The molecule has 0 saturated carbocycles. The molecule has 1 aromatic carbocycles. The van der Waals surface area contributed by atoms with Crippen LogP contribution in [0.3, 0.4) is 0 Å². The molecule has 3 rings (SSSR count). The molecule has 0 aliphatic carbocycles. The van der Waals surface area contributed by atoms with Gasteiger partial charge in [0.05, 0.1) is 5.92 Å². The van der Waals surface area contributed by atoms with E-state index in [1.54, 1.807) is 0 Å². The molecule has 0 spiro atoms. The van der Waals surface area contributed by atoms with Crippen LogP contribution in [0.15, 0.2) is 28.7 Å². The Kier molecular flexibility index (Phi) is 9.42. The van der Waals surface area contributed by atoms with Crippen molar-refractivity contribution in [2.45, 2.75) is 19.3 Å². The van der Waals surface area contributed by atoms with Gasteiger partial charge in [-0.2, -0.15) is 0 Å². The topological polar surface area (TPSA) is 44.4 Å². The molecule has 136 valence electrons. The van der Waals surface area contributed by atoms with Crippen LogP contribution in [0.25, 0.3) is 0 Å². The number of carbonyl (C=O) groups is 1. The van der Waals surface area contributed by atoms with Crippen LogP contribution in [0.2, 0.25) is 0 Å². The summed E-state index contributed by atoms with van der Waals surface area (Å²) in [5.74, 6) is 0.948. The minimum absolute atomic E-state index is 0. The highest BCUT2D eigenvalue weighted by molar-refractivity contribution is 9.10. The fourth-order valence-electron chi connectivity index (χ4n) is 3.37. The summed E-state index contributed by atoms with van der Waals surface area (Å²) >= 11 is 3.53. The van der Waals surface area contributed by atoms with Crippen molar-refractivity contribution in [2.75, 3.05) is 37.6 Å². The molecule has 4 nitrogen and oxygen atoms in total. The lowest BCUT2D eigenvalue weighted by atomic mass is 9.98. The van der Waals surface area contributed by atoms with Gasteiger partial charge in [0.15, 0.2) is 0 Å². The van der Waals surface area contributed by atoms with E-state index in [2.05, 4.69) is 55.7 Å². The maximum Gasteiger partial charge on any atom is 0.224 e. The highest BCUT2D eigenvalue weighted by Gasteiger charge is 2.25. The molecule has 1 aromatic rings. The van der Waals surface area contributed by atoms with Crippen molar-refractivity contribution in [3.05, 3.63) is 28.7 Å². The van der Waals surface area contributed by atoms with Crippen molar-refractivity contribution < 1.29 is 4.79 Å². The van der Waals surface area contributed by atoms with Crippen LogP contribution in [0, 0.1) is 11.8 Å². The molecule has 0 radical (unpaired) electrons. The first-order chi connectivity index (χ1) is 10.7. The van der Waals surface area contributed by atoms with E-state index in [9.17, 15) is 4.79 Å². The molecular formula is C17H26BrCl2N3O. The molecule has 2 unspecified atom stereocenters. The number of nitrogens with one attached hydrogen (secondary N) is 2. The van der Waals surface area contributed by atoms with Gasteiger partial charge in [0.25, 0.3) is 0 Å². The van der Waals surface area contributed by atoms with E-state index in [0.29, 0.717) is 5.92 Å². The van der Waals surface area contributed by atoms with Gasteiger partial charge in [-0.15, -0.1) is 24.8 Å². The smallest absolute Gasteiger partial charge is 0.224 e. The van der Waals surface area contributed by atoms with Crippen molar-refractivity contribution in [3.8, 4) is 0 Å². The van der Waals surface area contributed by atoms with Crippen LogP contribution in [-0.4, -0.2) is 38.6 Å². The first-order valence-electron chi connectivity index (χ1n) is 8.21. The van der Waals surface area contributed by atoms with Crippen LogP contribution < -0.4 is 15.5 Å².